The van der Waals surface area contributed by atoms with E-state index in [1.165, 1.54) is 38.5 Å². The van der Waals surface area contributed by atoms with E-state index < -0.39 is 0 Å². The van der Waals surface area contributed by atoms with Gasteiger partial charge in [-0.2, -0.15) is 0 Å². The molecule has 0 radical (unpaired) electrons. The first kappa shape index (κ1) is 13.6. The van der Waals surface area contributed by atoms with Gasteiger partial charge in [0.05, 0.1) is 13.2 Å². The van der Waals surface area contributed by atoms with Crippen molar-refractivity contribution in [2.24, 2.45) is 11.8 Å². The van der Waals surface area contributed by atoms with Gasteiger partial charge in [0.15, 0.2) is 5.79 Å². The van der Waals surface area contributed by atoms with Crippen LogP contribution in [0, 0.1) is 11.8 Å². The molecule has 0 amide bonds. The van der Waals surface area contributed by atoms with E-state index >= 15 is 0 Å². The minimum absolute atomic E-state index is 0.220. The number of hydrogen-bond acceptors (Lipinski definition) is 3. The second kappa shape index (κ2) is 5.92. The summed E-state index contributed by atoms with van der Waals surface area (Å²) >= 11 is 0. The Morgan fingerprint density at radius 1 is 1.11 bits per heavy atom. The van der Waals surface area contributed by atoms with Crippen LogP contribution in [-0.4, -0.2) is 24.8 Å². The normalized spacial score (nSPS) is 34.2. The zero-order chi connectivity index (χ0) is 13.1. The quantitative estimate of drug-likeness (QED) is 0.781. The summed E-state index contributed by atoms with van der Waals surface area (Å²) in [4.78, 5) is 11.5. The molecule has 3 aliphatic rings. The summed E-state index contributed by atoms with van der Waals surface area (Å²) in [6.45, 7) is 1.54. The Hall–Kier alpha value is -0.410. The highest BCUT2D eigenvalue weighted by Gasteiger charge is 2.47. The zero-order valence-electron chi connectivity index (χ0n) is 11.9. The minimum atomic E-state index is -0.220. The molecule has 0 N–H and O–H groups in total. The molecule has 1 aliphatic heterocycles. The van der Waals surface area contributed by atoms with Crippen LogP contribution < -0.4 is 0 Å². The van der Waals surface area contributed by atoms with Crippen LogP contribution in [0.5, 0.6) is 0 Å². The Morgan fingerprint density at radius 2 is 1.95 bits per heavy atom. The molecule has 0 aromatic heterocycles. The molecule has 108 valence electrons. The standard InChI is InChI=1S/C16H26O3/c17-15-8-2-5-13(12-15)4-1-6-14-7-3-9-16(14)18-10-11-19-16/h13-14H,1-12H2. The second-order valence-corrected chi connectivity index (χ2v) is 6.53. The maximum absolute atomic E-state index is 11.5. The Labute approximate surface area is 116 Å². The second-order valence-electron chi connectivity index (χ2n) is 6.53. The predicted octanol–water partition coefficient (Wildman–Crippen LogP) is 3.46. The fourth-order valence-electron chi connectivity index (χ4n) is 4.25. The number of rotatable bonds is 4. The smallest absolute Gasteiger partial charge is 0.171 e. The molecule has 0 aromatic carbocycles. The Kier molecular flexibility index (Phi) is 4.23. The van der Waals surface area contributed by atoms with Crippen LogP contribution in [0.15, 0.2) is 0 Å². The van der Waals surface area contributed by atoms with Crippen LogP contribution >= 0.6 is 0 Å². The van der Waals surface area contributed by atoms with E-state index in [1.54, 1.807) is 0 Å². The Bertz CT molecular complexity index is 314. The van der Waals surface area contributed by atoms with Gasteiger partial charge in [-0.05, 0) is 38.0 Å². The van der Waals surface area contributed by atoms with Crippen molar-refractivity contribution in [3.63, 3.8) is 0 Å². The largest absolute Gasteiger partial charge is 0.347 e. The fourth-order valence-corrected chi connectivity index (χ4v) is 4.25. The molecule has 19 heavy (non-hydrogen) atoms. The monoisotopic (exact) mass is 266 g/mol. The molecule has 2 unspecified atom stereocenters. The van der Waals surface area contributed by atoms with Gasteiger partial charge in [0.1, 0.15) is 5.78 Å². The van der Waals surface area contributed by atoms with Crippen molar-refractivity contribution in [1.82, 2.24) is 0 Å². The molecule has 1 spiro atoms. The molecule has 2 saturated carbocycles. The summed E-state index contributed by atoms with van der Waals surface area (Å²) < 4.78 is 11.8. The van der Waals surface area contributed by atoms with Crippen molar-refractivity contribution in [2.45, 2.75) is 70.0 Å². The van der Waals surface area contributed by atoms with Crippen LogP contribution in [0.4, 0.5) is 0 Å². The molecule has 0 bridgehead atoms. The average molecular weight is 266 g/mol. The third-order valence-corrected chi connectivity index (χ3v) is 5.23. The lowest BCUT2D eigenvalue weighted by atomic mass is 9.83. The number of Topliss-reactive ketones (excluding diaryl/α,β-unsaturated/α-hetero) is 1. The van der Waals surface area contributed by atoms with E-state index in [4.69, 9.17) is 9.47 Å². The van der Waals surface area contributed by atoms with Crippen molar-refractivity contribution in [2.75, 3.05) is 13.2 Å². The molecule has 1 heterocycles. The lowest BCUT2D eigenvalue weighted by molar-refractivity contribution is -0.182. The van der Waals surface area contributed by atoms with E-state index in [1.807, 2.05) is 0 Å². The van der Waals surface area contributed by atoms with Crippen LogP contribution in [0.1, 0.15) is 64.2 Å². The number of hydrogen-bond donors (Lipinski definition) is 0. The van der Waals surface area contributed by atoms with Gasteiger partial charge >= 0.3 is 0 Å². The van der Waals surface area contributed by atoms with E-state index in [-0.39, 0.29) is 5.79 Å². The Balaban J connectivity index is 1.43. The molecular weight excluding hydrogens is 240 g/mol. The van der Waals surface area contributed by atoms with E-state index in [2.05, 4.69) is 0 Å². The van der Waals surface area contributed by atoms with Gasteiger partial charge in [-0.1, -0.05) is 12.8 Å². The molecule has 0 aromatic rings. The molecule has 3 heteroatoms. The van der Waals surface area contributed by atoms with Crippen molar-refractivity contribution < 1.29 is 14.3 Å². The summed E-state index contributed by atoms with van der Waals surface area (Å²) in [5.74, 6) is 1.51. The van der Waals surface area contributed by atoms with E-state index in [9.17, 15) is 4.79 Å². The topological polar surface area (TPSA) is 35.5 Å². The number of ether oxygens (including phenoxy) is 2. The van der Waals surface area contributed by atoms with Crippen molar-refractivity contribution in [3.05, 3.63) is 0 Å². The molecule has 1 saturated heterocycles. The molecule has 2 atom stereocenters. The Morgan fingerprint density at radius 3 is 2.74 bits per heavy atom. The van der Waals surface area contributed by atoms with Crippen LogP contribution in [-0.2, 0) is 14.3 Å². The van der Waals surface area contributed by atoms with Crippen LogP contribution in [0.3, 0.4) is 0 Å². The molecule has 3 fully saturated rings. The van der Waals surface area contributed by atoms with Crippen LogP contribution in [0.25, 0.3) is 0 Å². The summed E-state index contributed by atoms with van der Waals surface area (Å²) in [7, 11) is 0. The summed E-state index contributed by atoms with van der Waals surface area (Å²) in [6, 6.07) is 0. The SMILES string of the molecule is O=C1CCCC(CCCC2CCCC23OCCO3)C1. The molecule has 2 aliphatic carbocycles. The predicted molar refractivity (Wildman–Crippen MR) is 72.8 cm³/mol. The van der Waals surface area contributed by atoms with E-state index in [0.29, 0.717) is 17.6 Å². The third-order valence-electron chi connectivity index (χ3n) is 5.23. The average Bonchev–Trinajstić information content (AvgIpc) is 3.02. The van der Waals surface area contributed by atoms with Gasteiger partial charge in [0, 0.05) is 25.2 Å². The highest BCUT2D eigenvalue weighted by molar-refractivity contribution is 5.79. The minimum Gasteiger partial charge on any atom is -0.347 e. The maximum atomic E-state index is 11.5. The first-order chi connectivity index (χ1) is 9.28. The number of carbonyl (C=O) groups excluding carboxylic acids is 1. The van der Waals surface area contributed by atoms with Crippen LogP contribution in [0.2, 0.25) is 0 Å². The maximum Gasteiger partial charge on any atom is 0.171 e. The zero-order valence-corrected chi connectivity index (χ0v) is 11.9. The van der Waals surface area contributed by atoms with Crippen molar-refractivity contribution in [1.29, 1.82) is 0 Å². The van der Waals surface area contributed by atoms with Gasteiger partial charge in [-0.25, -0.2) is 0 Å². The highest BCUT2D eigenvalue weighted by atomic mass is 16.7. The fraction of sp³-hybridized carbons (Fsp3) is 0.938. The van der Waals surface area contributed by atoms with Crippen molar-refractivity contribution in [3.8, 4) is 0 Å². The number of carbonyl (C=O) groups is 1. The van der Waals surface area contributed by atoms with Gasteiger partial charge < -0.3 is 9.47 Å². The van der Waals surface area contributed by atoms with Crippen molar-refractivity contribution >= 4 is 5.78 Å². The lowest BCUT2D eigenvalue weighted by Crippen LogP contribution is -2.34. The third kappa shape index (κ3) is 3.03. The first-order valence-electron chi connectivity index (χ1n) is 8.08. The summed E-state index contributed by atoms with van der Waals surface area (Å²) in [5, 5.41) is 0. The molecule has 3 nitrogen and oxygen atoms in total. The molecule has 3 rings (SSSR count). The van der Waals surface area contributed by atoms with Gasteiger partial charge in [-0.15, -0.1) is 0 Å². The van der Waals surface area contributed by atoms with Gasteiger partial charge in [-0.3, -0.25) is 4.79 Å². The summed E-state index contributed by atoms with van der Waals surface area (Å²) in [5.41, 5.74) is 0. The first-order valence-corrected chi connectivity index (χ1v) is 8.08. The molecular formula is C16H26O3. The van der Waals surface area contributed by atoms with Gasteiger partial charge in [0.2, 0.25) is 0 Å². The summed E-state index contributed by atoms with van der Waals surface area (Å²) in [6.07, 6.45) is 11.3. The number of ketones is 1. The van der Waals surface area contributed by atoms with E-state index in [0.717, 1.165) is 38.9 Å². The highest BCUT2D eigenvalue weighted by Crippen LogP contribution is 2.45. The lowest BCUT2D eigenvalue weighted by Gasteiger charge is -2.30. The van der Waals surface area contributed by atoms with Gasteiger partial charge in [0.25, 0.3) is 0 Å².